The highest BCUT2D eigenvalue weighted by atomic mass is 19.1. The standard InChI is InChI=1S/C33H30F3N3O/c1-20(2)12-21-5-7-23(8-6-21)28-4-3-11-37-33(28)31(15-22-13-26(35)17-27(36)14-22)39-32(40)16-24-19-38-30-10-9-25(34)18-29(24)30/h3-11,13-14,17-20,31,38H,12,15-16H2,1-2H3,(H,39,40). The molecule has 1 unspecified atom stereocenters. The summed E-state index contributed by atoms with van der Waals surface area (Å²) in [6.45, 7) is 4.34. The zero-order valence-electron chi connectivity index (χ0n) is 22.3. The third kappa shape index (κ3) is 6.42. The summed E-state index contributed by atoms with van der Waals surface area (Å²) in [5, 5.41) is 3.66. The van der Waals surface area contributed by atoms with Gasteiger partial charge in [0.15, 0.2) is 0 Å². The van der Waals surface area contributed by atoms with Crippen molar-refractivity contribution in [2.45, 2.75) is 39.2 Å². The monoisotopic (exact) mass is 541 g/mol. The first-order valence-corrected chi connectivity index (χ1v) is 13.3. The van der Waals surface area contributed by atoms with E-state index in [2.05, 4.69) is 41.3 Å². The highest BCUT2D eigenvalue weighted by Gasteiger charge is 2.22. The molecule has 0 radical (unpaired) electrons. The number of hydrogen-bond acceptors (Lipinski definition) is 2. The molecule has 40 heavy (non-hydrogen) atoms. The first-order valence-electron chi connectivity index (χ1n) is 13.3. The van der Waals surface area contributed by atoms with Gasteiger partial charge in [0, 0.05) is 34.9 Å². The van der Waals surface area contributed by atoms with Gasteiger partial charge < -0.3 is 10.3 Å². The maximum atomic E-state index is 14.1. The Kier molecular flexibility index (Phi) is 8.01. The molecule has 204 valence electrons. The van der Waals surface area contributed by atoms with E-state index < -0.39 is 23.5 Å². The number of nitrogens with zero attached hydrogens (tertiary/aromatic N) is 1. The average molecular weight is 542 g/mol. The van der Waals surface area contributed by atoms with Crippen LogP contribution in [0.15, 0.2) is 85.2 Å². The quantitative estimate of drug-likeness (QED) is 0.203. The summed E-state index contributed by atoms with van der Waals surface area (Å²) in [6, 6.07) is 19.0. The number of pyridine rings is 1. The SMILES string of the molecule is CC(C)Cc1ccc(-c2cccnc2C(Cc2cc(F)cc(F)c2)NC(=O)Cc2c[nH]c3ccc(F)cc23)cc1. The minimum absolute atomic E-state index is 0.0104. The van der Waals surface area contributed by atoms with Crippen molar-refractivity contribution in [2.24, 2.45) is 5.92 Å². The summed E-state index contributed by atoms with van der Waals surface area (Å²) < 4.78 is 42.0. The van der Waals surface area contributed by atoms with Gasteiger partial charge in [-0.1, -0.05) is 44.2 Å². The zero-order valence-corrected chi connectivity index (χ0v) is 22.3. The maximum absolute atomic E-state index is 14.1. The van der Waals surface area contributed by atoms with Crippen LogP contribution in [0.5, 0.6) is 0 Å². The van der Waals surface area contributed by atoms with E-state index in [0.29, 0.717) is 28.1 Å². The molecular weight excluding hydrogens is 511 g/mol. The number of fused-ring (bicyclic) bond motifs is 1. The number of nitrogens with one attached hydrogen (secondary N) is 2. The fraction of sp³-hybridized carbons (Fsp3) is 0.212. The van der Waals surface area contributed by atoms with Gasteiger partial charge in [0.2, 0.25) is 5.91 Å². The van der Waals surface area contributed by atoms with Crippen molar-refractivity contribution in [3.63, 3.8) is 0 Å². The molecule has 2 heterocycles. The highest BCUT2D eigenvalue weighted by molar-refractivity contribution is 5.89. The van der Waals surface area contributed by atoms with Crippen LogP contribution in [-0.4, -0.2) is 15.9 Å². The van der Waals surface area contributed by atoms with Gasteiger partial charge in [0.25, 0.3) is 0 Å². The lowest BCUT2D eigenvalue weighted by molar-refractivity contribution is -0.121. The minimum atomic E-state index is -0.692. The highest BCUT2D eigenvalue weighted by Crippen LogP contribution is 2.30. The second-order valence-electron chi connectivity index (χ2n) is 10.5. The number of H-pyrrole nitrogens is 1. The van der Waals surface area contributed by atoms with Crippen LogP contribution in [0.4, 0.5) is 13.2 Å². The Hall–Kier alpha value is -4.39. The number of carbonyl (C=O) groups excluding carboxylic acids is 1. The van der Waals surface area contributed by atoms with Crippen LogP contribution in [0.25, 0.3) is 22.0 Å². The Labute approximate surface area is 231 Å². The van der Waals surface area contributed by atoms with Crippen molar-refractivity contribution in [3.05, 3.63) is 125 Å². The summed E-state index contributed by atoms with van der Waals surface area (Å²) in [4.78, 5) is 21.0. The van der Waals surface area contributed by atoms with E-state index in [4.69, 9.17) is 0 Å². The third-order valence-corrected chi connectivity index (χ3v) is 6.86. The lowest BCUT2D eigenvalue weighted by atomic mass is 9.94. The number of halogens is 3. The van der Waals surface area contributed by atoms with Crippen molar-refractivity contribution in [1.29, 1.82) is 0 Å². The first-order chi connectivity index (χ1) is 19.2. The molecule has 0 saturated heterocycles. The van der Waals surface area contributed by atoms with Crippen molar-refractivity contribution in [3.8, 4) is 11.1 Å². The molecule has 0 aliphatic carbocycles. The van der Waals surface area contributed by atoms with Crippen LogP contribution >= 0.6 is 0 Å². The van der Waals surface area contributed by atoms with Crippen molar-refractivity contribution < 1.29 is 18.0 Å². The van der Waals surface area contributed by atoms with Crippen molar-refractivity contribution in [1.82, 2.24) is 15.3 Å². The van der Waals surface area contributed by atoms with Gasteiger partial charge in [-0.25, -0.2) is 13.2 Å². The van der Waals surface area contributed by atoms with Gasteiger partial charge in [-0.2, -0.15) is 0 Å². The molecule has 0 aliphatic rings. The Morgan fingerprint density at radius 1 is 0.875 bits per heavy atom. The number of benzene rings is 3. The predicted molar refractivity (Wildman–Crippen MR) is 151 cm³/mol. The molecule has 4 nitrogen and oxygen atoms in total. The molecule has 2 N–H and O–H groups in total. The molecule has 0 spiro atoms. The van der Waals surface area contributed by atoms with Crippen LogP contribution in [0, 0.1) is 23.4 Å². The predicted octanol–water partition coefficient (Wildman–Crippen LogP) is 7.49. The molecule has 1 atom stereocenters. The van der Waals surface area contributed by atoms with Crippen molar-refractivity contribution in [2.75, 3.05) is 0 Å². The van der Waals surface area contributed by atoms with Gasteiger partial charge in [0.05, 0.1) is 18.2 Å². The number of hydrogen-bond donors (Lipinski definition) is 2. The molecule has 0 fully saturated rings. The lowest BCUT2D eigenvalue weighted by Gasteiger charge is -2.22. The van der Waals surface area contributed by atoms with Gasteiger partial charge >= 0.3 is 0 Å². The Balaban J connectivity index is 1.48. The largest absolute Gasteiger partial charge is 0.361 e. The van der Waals surface area contributed by atoms with Crippen LogP contribution in [0.2, 0.25) is 0 Å². The Morgan fingerprint density at radius 2 is 1.62 bits per heavy atom. The molecule has 1 amide bonds. The zero-order chi connectivity index (χ0) is 28.2. The number of aromatic nitrogens is 2. The van der Waals surface area contributed by atoms with E-state index in [0.717, 1.165) is 29.1 Å². The lowest BCUT2D eigenvalue weighted by Crippen LogP contribution is -2.32. The smallest absolute Gasteiger partial charge is 0.225 e. The molecule has 7 heteroatoms. The molecule has 2 aromatic heterocycles. The summed E-state index contributed by atoms with van der Waals surface area (Å²) in [5.74, 6) is -1.57. The number of amides is 1. The number of carbonyl (C=O) groups is 1. The Bertz CT molecular complexity index is 1620. The first kappa shape index (κ1) is 27.2. The second-order valence-corrected chi connectivity index (χ2v) is 10.5. The van der Waals surface area contributed by atoms with Crippen LogP contribution < -0.4 is 5.32 Å². The van der Waals surface area contributed by atoms with Gasteiger partial charge in [-0.05, 0) is 77.4 Å². The number of aromatic amines is 1. The molecule has 0 aliphatic heterocycles. The fourth-order valence-corrected chi connectivity index (χ4v) is 5.13. The number of rotatable bonds is 9. The molecule has 0 bridgehead atoms. The molecule has 5 aromatic rings. The summed E-state index contributed by atoms with van der Waals surface area (Å²) in [5.41, 5.74) is 5.30. The Morgan fingerprint density at radius 3 is 2.35 bits per heavy atom. The average Bonchev–Trinajstić information content (AvgIpc) is 3.29. The van der Waals surface area contributed by atoms with Crippen LogP contribution in [0.1, 0.15) is 42.3 Å². The van der Waals surface area contributed by atoms with E-state index in [-0.39, 0.29) is 18.7 Å². The van der Waals surface area contributed by atoms with Crippen LogP contribution in [0.3, 0.4) is 0 Å². The topological polar surface area (TPSA) is 57.8 Å². The molecule has 5 rings (SSSR count). The minimum Gasteiger partial charge on any atom is -0.361 e. The van der Waals surface area contributed by atoms with Crippen molar-refractivity contribution >= 4 is 16.8 Å². The van der Waals surface area contributed by atoms with Gasteiger partial charge in [0.1, 0.15) is 17.5 Å². The fourth-order valence-electron chi connectivity index (χ4n) is 5.13. The molecular formula is C33H30F3N3O. The van der Waals surface area contributed by atoms with Gasteiger partial charge in [-0.3, -0.25) is 9.78 Å². The summed E-state index contributed by atoms with van der Waals surface area (Å²) in [7, 11) is 0. The molecule has 0 saturated carbocycles. The van der Waals surface area contributed by atoms with E-state index in [9.17, 15) is 18.0 Å². The summed E-state index contributed by atoms with van der Waals surface area (Å²) in [6.07, 6.45) is 4.40. The summed E-state index contributed by atoms with van der Waals surface area (Å²) >= 11 is 0. The van der Waals surface area contributed by atoms with E-state index in [1.165, 1.54) is 29.8 Å². The van der Waals surface area contributed by atoms with E-state index >= 15 is 0 Å². The maximum Gasteiger partial charge on any atom is 0.225 e. The third-order valence-electron chi connectivity index (χ3n) is 6.86. The van der Waals surface area contributed by atoms with E-state index in [1.807, 2.05) is 24.3 Å². The van der Waals surface area contributed by atoms with E-state index in [1.54, 1.807) is 18.5 Å². The molecule has 3 aromatic carbocycles. The van der Waals surface area contributed by atoms with Gasteiger partial charge in [-0.15, -0.1) is 0 Å². The normalized spacial score (nSPS) is 12.2. The second kappa shape index (κ2) is 11.8. The van der Waals surface area contributed by atoms with Crippen LogP contribution in [-0.2, 0) is 24.1 Å².